The molecule has 0 saturated heterocycles. The number of rotatable bonds is 5. The highest BCUT2D eigenvalue weighted by Gasteiger charge is 2.12. The van der Waals surface area contributed by atoms with Crippen LogP contribution in [-0.4, -0.2) is 16.6 Å². The summed E-state index contributed by atoms with van der Waals surface area (Å²) in [6, 6.07) is 6.02. The Bertz CT molecular complexity index is 566. The summed E-state index contributed by atoms with van der Waals surface area (Å²) in [4.78, 5) is 0. The molecule has 1 aromatic carbocycles. The van der Waals surface area contributed by atoms with Gasteiger partial charge in [0.2, 0.25) is 6.79 Å². The molecule has 0 spiro atoms. The normalized spacial score (nSPS) is 12.9. The summed E-state index contributed by atoms with van der Waals surface area (Å²) in [5, 5.41) is 7.64. The molecular weight excluding hydrogens is 242 g/mol. The van der Waals surface area contributed by atoms with Crippen molar-refractivity contribution in [2.45, 2.75) is 26.6 Å². The molecule has 1 N–H and O–H groups in total. The van der Waals surface area contributed by atoms with E-state index in [1.165, 1.54) is 11.1 Å². The lowest BCUT2D eigenvalue weighted by Crippen LogP contribution is -2.12. The number of aryl methyl sites for hydroxylation is 1. The Morgan fingerprint density at radius 2 is 2.05 bits per heavy atom. The van der Waals surface area contributed by atoms with Gasteiger partial charge in [-0.05, 0) is 24.6 Å². The maximum atomic E-state index is 5.36. The zero-order valence-corrected chi connectivity index (χ0v) is 10.9. The van der Waals surface area contributed by atoms with Crippen molar-refractivity contribution in [1.29, 1.82) is 0 Å². The van der Waals surface area contributed by atoms with E-state index in [2.05, 4.69) is 29.6 Å². The van der Waals surface area contributed by atoms with Gasteiger partial charge in [0.25, 0.3) is 0 Å². The van der Waals surface area contributed by atoms with Gasteiger partial charge in [-0.2, -0.15) is 5.10 Å². The molecule has 0 aliphatic carbocycles. The second-order valence-corrected chi connectivity index (χ2v) is 4.50. The molecule has 1 aliphatic rings. The van der Waals surface area contributed by atoms with Crippen molar-refractivity contribution in [3.8, 4) is 11.5 Å². The molecule has 0 fully saturated rings. The lowest BCUT2D eigenvalue weighted by molar-refractivity contribution is 0.174. The van der Waals surface area contributed by atoms with Crippen molar-refractivity contribution < 1.29 is 9.47 Å². The highest BCUT2D eigenvalue weighted by Crippen LogP contribution is 2.32. The first-order chi connectivity index (χ1) is 9.35. The Morgan fingerprint density at radius 1 is 1.21 bits per heavy atom. The number of fused-ring (bicyclic) bond motifs is 1. The van der Waals surface area contributed by atoms with Gasteiger partial charge in [0.05, 0.1) is 6.20 Å². The number of nitrogens with zero attached hydrogens (tertiary/aromatic N) is 2. The molecular formula is C14H17N3O2. The fourth-order valence-electron chi connectivity index (χ4n) is 2.07. The summed E-state index contributed by atoms with van der Waals surface area (Å²) in [6.07, 6.45) is 3.96. The van der Waals surface area contributed by atoms with Crippen LogP contribution in [0.5, 0.6) is 11.5 Å². The van der Waals surface area contributed by atoms with Crippen LogP contribution in [0.4, 0.5) is 0 Å². The molecule has 3 rings (SSSR count). The molecule has 2 heterocycles. The molecule has 0 saturated carbocycles. The first-order valence-corrected chi connectivity index (χ1v) is 6.45. The quantitative estimate of drug-likeness (QED) is 0.891. The van der Waals surface area contributed by atoms with E-state index in [9.17, 15) is 0 Å². The number of nitrogens with one attached hydrogen (secondary N) is 1. The predicted molar refractivity (Wildman–Crippen MR) is 71.0 cm³/mol. The smallest absolute Gasteiger partial charge is 0.231 e. The first kappa shape index (κ1) is 12.0. The number of ether oxygens (including phenoxy) is 2. The van der Waals surface area contributed by atoms with Crippen LogP contribution in [0.1, 0.15) is 18.1 Å². The Balaban J connectivity index is 1.54. The van der Waals surface area contributed by atoms with Crippen LogP contribution >= 0.6 is 0 Å². The van der Waals surface area contributed by atoms with E-state index in [-0.39, 0.29) is 0 Å². The molecule has 2 aromatic rings. The summed E-state index contributed by atoms with van der Waals surface area (Å²) in [5.41, 5.74) is 2.38. The minimum Gasteiger partial charge on any atom is -0.454 e. The Labute approximate surface area is 112 Å². The highest BCUT2D eigenvalue weighted by atomic mass is 16.7. The van der Waals surface area contributed by atoms with Crippen LogP contribution in [0.15, 0.2) is 30.6 Å². The fraction of sp³-hybridized carbons (Fsp3) is 0.357. The van der Waals surface area contributed by atoms with Crippen LogP contribution in [0.3, 0.4) is 0 Å². The van der Waals surface area contributed by atoms with Gasteiger partial charge in [-0.3, -0.25) is 4.68 Å². The molecule has 19 heavy (non-hydrogen) atoms. The number of aromatic nitrogens is 2. The average Bonchev–Trinajstić information content (AvgIpc) is 3.06. The highest BCUT2D eigenvalue weighted by molar-refractivity contribution is 5.44. The van der Waals surface area contributed by atoms with Crippen molar-refractivity contribution in [1.82, 2.24) is 15.1 Å². The van der Waals surface area contributed by atoms with Gasteiger partial charge < -0.3 is 14.8 Å². The Kier molecular flexibility index (Phi) is 3.37. The lowest BCUT2D eigenvalue weighted by Gasteiger charge is -2.04. The van der Waals surface area contributed by atoms with Gasteiger partial charge in [-0.15, -0.1) is 0 Å². The predicted octanol–water partition coefficient (Wildman–Crippen LogP) is 1.92. The van der Waals surface area contributed by atoms with Gasteiger partial charge in [0.15, 0.2) is 11.5 Å². The van der Waals surface area contributed by atoms with Crippen LogP contribution < -0.4 is 14.8 Å². The summed E-state index contributed by atoms with van der Waals surface area (Å²) in [6.45, 7) is 4.92. The van der Waals surface area contributed by atoms with Crippen molar-refractivity contribution in [2.24, 2.45) is 0 Å². The number of hydrogen-bond donors (Lipinski definition) is 1. The van der Waals surface area contributed by atoms with E-state index in [1.54, 1.807) is 0 Å². The number of hydrogen-bond acceptors (Lipinski definition) is 4. The van der Waals surface area contributed by atoms with Gasteiger partial charge in [-0.1, -0.05) is 6.07 Å². The van der Waals surface area contributed by atoms with Crippen LogP contribution in [0.2, 0.25) is 0 Å². The third-order valence-electron chi connectivity index (χ3n) is 3.11. The van der Waals surface area contributed by atoms with Crippen molar-refractivity contribution in [2.75, 3.05) is 6.79 Å². The zero-order chi connectivity index (χ0) is 13.1. The van der Waals surface area contributed by atoms with Crippen LogP contribution in [0, 0.1) is 0 Å². The molecule has 5 heteroatoms. The SMILES string of the molecule is CCn1cc(CNCc2ccc3c(c2)OCO3)cn1. The summed E-state index contributed by atoms with van der Waals surface area (Å²) in [7, 11) is 0. The van der Waals surface area contributed by atoms with E-state index in [4.69, 9.17) is 9.47 Å². The molecule has 1 aliphatic heterocycles. The largest absolute Gasteiger partial charge is 0.454 e. The number of benzene rings is 1. The average molecular weight is 259 g/mol. The molecule has 0 unspecified atom stereocenters. The minimum atomic E-state index is 0.322. The van der Waals surface area contributed by atoms with Crippen LogP contribution in [0.25, 0.3) is 0 Å². The van der Waals surface area contributed by atoms with E-state index in [0.29, 0.717) is 6.79 Å². The third kappa shape index (κ3) is 2.71. The van der Waals surface area contributed by atoms with Crippen molar-refractivity contribution in [3.05, 3.63) is 41.7 Å². The molecule has 1 aromatic heterocycles. The maximum absolute atomic E-state index is 5.36. The molecule has 100 valence electrons. The standard InChI is InChI=1S/C14H17N3O2/c1-2-17-9-12(8-16-17)7-15-6-11-3-4-13-14(5-11)19-10-18-13/h3-5,8-9,15H,2,6-7,10H2,1H3. The van der Waals surface area contributed by atoms with Crippen LogP contribution in [-0.2, 0) is 19.6 Å². The molecule has 0 radical (unpaired) electrons. The monoisotopic (exact) mass is 259 g/mol. The molecule has 0 bridgehead atoms. The van der Waals surface area contributed by atoms with Gasteiger partial charge in [0, 0.05) is 31.4 Å². The van der Waals surface area contributed by atoms with Gasteiger partial charge in [0.1, 0.15) is 0 Å². The molecule has 5 nitrogen and oxygen atoms in total. The van der Waals surface area contributed by atoms with Gasteiger partial charge in [-0.25, -0.2) is 0 Å². The van der Waals surface area contributed by atoms with Crippen molar-refractivity contribution >= 4 is 0 Å². The minimum absolute atomic E-state index is 0.322. The molecule has 0 amide bonds. The molecule has 0 atom stereocenters. The first-order valence-electron chi connectivity index (χ1n) is 6.45. The summed E-state index contributed by atoms with van der Waals surface area (Å²) < 4.78 is 12.6. The Hall–Kier alpha value is -2.01. The van der Waals surface area contributed by atoms with Crippen molar-refractivity contribution in [3.63, 3.8) is 0 Å². The topological polar surface area (TPSA) is 48.3 Å². The Morgan fingerprint density at radius 3 is 2.89 bits per heavy atom. The van der Waals surface area contributed by atoms with Gasteiger partial charge >= 0.3 is 0 Å². The summed E-state index contributed by atoms with van der Waals surface area (Å²) >= 11 is 0. The maximum Gasteiger partial charge on any atom is 0.231 e. The summed E-state index contributed by atoms with van der Waals surface area (Å²) in [5.74, 6) is 1.66. The third-order valence-corrected chi connectivity index (χ3v) is 3.11. The second kappa shape index (κ2) is 5.32. The second-order valence-electron chi connectivity index (χ2n) is 4.50. The lowest BCUT2D eigenvalue weighted by atomic mass is 10.2. The van der Waals surface area contributed by atoms with E-state index < -0.39 is 0 Å². The fourth-order valence-corrected chi connectivity index (χ4v) is 2.07. The van der Waals surface area contributed by atoms with E-state index >= 15 is 0 Å². The zero-order valence-electron chi connectivity index (χ0n) is 10.9. The van der Waals surface area contributed by atoms with E-state index in [0.717, 1.165) is 31.1 Å². The van der Waals surface area contributed by atoms with E-state index in [1.807, 2.05) is 23.0 Å².